The Kier molecular flexibility index (Phi) is 3.59. The molecule has 17 heavy (non-hydrogen) atoms. The van der Waals surface area contributed by atoms with Crippen molar-refractivity contribution in [1.82, 2.24) is 14.8 Å². The minimum absolute atomic E-state index is 0.221. The molecule has 0 aliphatic heterocycles. The van der Waals surface area contributed by atoms with Gasteiger partial charge in [0.15, 0.2) is 0 Å². The van der Waals surface area contributed by atoms with Crippen LogP contribution in [0.4, 0.5) is 0 Å². The second-order valence-electron chi connectivity index (χ2n) is 3.35. The van der Waals surface area contributed by atoms with Crippen LogP contribution in [0.2, 0.25) is 5.02 Å². The molecule has 4 nitrogen and oxygen atoms in total. The molecule has 2 aromatic rings. The SMILES string of the molecule is CCn1ncc(Cl)c1C(=O)c1ccc(Br)cn1. The van der Waals surface area contributed by atoms with E-state index in [1.54, 1.807) is 23.0 Å². The van der Waals surface area contributed by atoms with Crippen LogP contribution in [0.15, 0.2) is 29.0 Å². The molecular weight excluding hydrogens is 305 g/mol. The van der Waals surface area contributed by atoms with Crippen LogP contribution >= 0.6 is 27.5 Å². The lowest BCUT2D eigenvalue weighted by Gasteiger charge is -2.04. The molecular formula is C11H9BrClN3O. The van der Waals surface area contributed by atoms with Gasteiger partial charge < -0.3 is 0 Å². The third-order valence-corrected chi connectivity index (χ3v) is 3.02. The number of halogens is 2. The van der Waals surface area contributed by atoms with Crippen molar-refractivity contribution in [3.8, 4) is 0 Å². The number of aromatic nitrogens is 3. The van der Waals surface area contributed by atoms with Gasteiger partial charge in [-0.3, -0.25) is 14.5 Å². The van der Waals surface area contributed by atoms with Crippen LogP contribution < -0.4 is 0 Å². The van der Waals surface area contributed by atoms with E-state index in [1.165, 1.54) is 6.20 Å². The average Bonchev–Trinajstić information content (AvgIpc) is 2.70. The van der Waals surface area contributed by atoms with Crippen molar-refractivity contribution in [2.45, 2.75) is 13.5 Å². The molecule has 0 fully saturated rings. The van der Waals surface area contributed by atoms with Gasteiger partial charge in [0.25, 0.3) is 0 Å². The molecule has 88 valence electrons. The van der Waals surface area contributed by atoms with Gasteiger partial charge in [0.05, 0.1) is 11.2 Å². The van der Waals surface area contributed by atoms with Gasteiger partial charge in [-0.1, -0.05) is 11.6 Å². The number of pyridine rings is 1. The van der Waals surface area contributed by atoms with E-state index in [1.807, 2.05) is 6.92 Å². The van der Waals surface area contributed by atoms with Crippen LogP contribution in [-0.4, -0.2) is 20.5 Å². The lowest BCUT2D eigenvalue weighted by atomic mass is 10.2. The summed E-state index contributed by atoms with van der Waals surface area (Å²) in [6, 6.07) is 3.41. The molecule has 0 amide bonds. The van der Waals surface area contributed by atoms with Gasteiger partial charge >= 0.3 is 0 Å². The van der Waals surface area contributed by atoms with Crippen LogP contribution in [0.3, 0.4) is 0 Å². The summed E-state index contributed by atoms with van der Waals surface area (Å²) >= 11 is 9.23. The van der Waals surface area contributed by atoms with Crippen molar-refractivity contribution in [1.29, 1.82) is 0 Å². The van der Waals surface area contributed by atoms with Crippen molar-refractivity contribution in [3.05, 3.63) is 45.4 Å². The van der Waals surface area contributed by atoms with Crippen LogP contribution in [0.5, 0.6) is 0 Å². The molecule has 0 saturated heterocycles. The fourth-order valence-corrected chi connectivity index (χ4v) is 1.92. The highest BCUT2D eigenvalue weighted by Crippen LogP contribution is 2.19. The zero-order valence-corrected chi connectivity index (χ0v) is 11.4. The number of carbonyl (C=O) groups excluding carboxylic acids is 1. The zero-order chi connectivity index (χ0) is 12.4. The van der Waals surface area contributed by atoms with E-state index in [2.05, 4.69) is 26.0 Å². The summed E-state index contributed by atoms with van der Waals surface area (Å²) in [5.41, 5.74) is 0.731. The Balaban J connectivity index is 2.43. The van der Waals surface area contributed by atoms with Crippen molar-refractivity contribution in [2.24, 2.45) is 0 Å². The molecule has 0 bridgehead atoms. The first-order valence-corrected chi connectivity index (χ1v) is 6.18. The van der Waals surface area contributed by atoms with Crippen molar-refractivity contribution >= 4 is 33.3 Å². The van der Waals surface area contributed by atoms with E-state index in [4.69, 9.17) is 11.6 Å². The molecule has 0 N–H and O–H groups in total. The Labute approximate surface area is 112 Å². The molecule has 0 aromatic carbocycles. The molecule has 2 aromatic heterocycles. The molecule has 0 aliphatic carbocycles. The summed E-state index contributed by atoms with van der Waals surface area (Å²) < 4.78 is 2.39. The summed E-state index contributed by atoms with van der Waals surface area (Å²) in [6.45, 7) is 2.49. The normalized spacial score (nSPS) is 10.5. The van der Waals surface area contributed by atoms with Crippen molar-refractivity contribution in [3.63, 3.8) is 0 Å². The predicted octanol–water partition coefficient (Wildman–Crippen LogP) is 2.94. The molecule has 0 radical (unpaired) electrons. The maximum atomic E-state index is 12.2. The number of rotatable bonds is 3. The molecule has 0 aliphatic rings. The van der Waals surface area contributed by atoms with Gasteiger partial charge in [-0.05, 0) is 35.0 Å². The van der Waals surface area contributed by atoms with Crippen molar-refractivity contribution < 1.29 is 4.79 Å². The highest BCUT2D eigenvalue weighted by molar-refractivity contribution is 9.10. The lowest BCUT2D eigenvalue weighted by molar-refractivity contribution is 0.102. The topological polar surface area (TPSA) is 47.8 Å². The third kappa shape index (κ3) is 2.40. The Morgan fingerprint density at radius 1 is 1.47 bits per heavy atom. The van der Waals surface area contributed by atoms with Crippen LogP contribution in [0, 0.1) is 0 Å². The minimum Gasteiger partial charge on any atom is -0.285 e. The number of ketones is 1. The highest BCUT2D eigenvalue weighted by atomic mass is 79.9. The Morgan fingerprint density at radius 2 is 2.24 bits per heavy atom. The Hall–Kier alpha value is -1.20. The quantitative estimate of drug-likeness (QED) is 0.818. The van der Waals surface area contributed by atoms with E-state index < -0.39 is 0 Å². The molecule has 2 rings (SSSR count). The van der Waals surface area contributed by atoms with Crippen LogP contribution in [0.1, 0.15) is 23.1 Å². The number of hydrogen-bond acceptors (Lipinski definition) is 3. The molecule has 2 heterocycles. The van der Waals surface area contributed by atoms with E-state index >= 15 is 0 Å². The van der Waals surface area contributed by atoms with E-state index in [9.17, 15) is 4.79 Å². The van der Waals surface area contributed by atoms with Gasteiger partial charge in [0.1, 0.15) is 11.4 Å². The van der Waals surface area contributed by atoms with E-state index in [0.717, 1.165) is 4.47 Å². The highest BCUT2D eigenvalue weighted by Gasteiger charge is 2.19. The Morgan fingerprint density at radius 3 is 2.82 bits per heavy atom. The average molecular weight is 315 g/mol. The van der Waals surface area contributed by atoms with Crippen LogP contribution in [0.25, 0.3) is 0 Å². The number of aryl methyl sites for hydroxylation is 1. The summed E-state index contributed by atoms with van der Waals surface area (Å²) in [7, 11) is 0. The first kappa shape index (κ1) is 12.3. The van der Waals surface area contributed by atoms with Gasteiger partial charge in [-0.2, -0.15) is 5.10 Å². The van der Waals surface area contributed by atoms with Gasteiger partial charge in [-0.15, -0.1) is 0 Å². The zero-order valence-electron chi connectivity index (χ0n) is 9.02. The summed E-state index contributed by atoms with van der Waals surface area (Å²) in [5.74, 6) is -0.221. The van der Waals surface area contributed by atoms with Gasteiger partial charge in [0, 0.05) is 17.2 Å². The lowest BCUT2D eigenvalue weighted by Crippen LogP contribution is -2.12. The smallest absolute Gasteiger partial charge is 0.230 e. The Bertz CT molecular complexity index is 550. The first-order chi connectivity index (χ1) is 8.13. The fraction of sp³-hybridized carbons (Fsp3) is 0.182. The second kappa shape index (κ2) is 4.98. The molecule has 0 unspecified atom stereocenters. The summed E-state index contributed by atoms with van der Waals surface area (Å²) in [6.07, 6.45) is 3.05. The maximum absolute atomic E-state index is 12.2. The van der Waals surface area contributed by atoms with E-state index in [0.29, 0.717) is 23.0 Å². The van der Waals surface area contributed by atoms with Crippen LogP contribution in [-0.2, 0) is 6.54 Å². The van der Waals surface area contributed by atoms with Gasteiger partial charge in [-0.25, -0.2) is 0 Å². The van der Waals surface area contributed by atoms with Gasteiger partial charge in [0.2, 0.25) is 5.78 Å². The number of nitrogens with zero attached hydrogens (tertiary/aromatic N) is 3. The maximum Gasteiger partial charge on any atom is 0.230 e. The number of carbonyl (C=O) groups is 1. The van der Waals surface area contributed by atoms with E-state index in [-0.39, 0.29) is 5.78 Å². The minimum atomic E-state index is -0.221. The summed E-state index contributed by atoms with van der Waals surface area (Å²) in [5, 5.41) is 4.37. The second-order valence-corrected chi connectivity index (χ2v) is 4.67. The molecule has 0 spiro atoms. The molecule has 0 atom stereocenters. The molecule has 0 saturated carbocycles. The third-order valence-electron chi connectivity index (χ3n) is 2.27. The summed E-state index contributed by atoms with van der Waals surface area (Å²) in [4.78, 5) is 16.3. The molecule has 6 heteroatoms. The fourth-order valence-electron chi connectivity index (χ4n) is 1.46. The number of hydrogen-bond donors (Lipinski definition) is 0. The predicted molar refractivity (Wildman–Crippen MR) is 68.3 cm³/mol. The monoisotopic (exact) mass is 313 g/mol. The first-order valence-electron chi connectivity index (χ1n) is 5.01. The largest absolute Gasteiger partial charge is 0.285 e. The van der Waals surface area contributed by atoms with Crippen molar-refractivity contribution in [2.75, 3.05) is 0 Å². The standard InChI is InChI=1S/C11H9BrClN3O/c1-2-16-10(8(13)6-15-16)11(17)9-4-3-7(12)5-14-9/h3-6H,2H2,1H3.